The van der Waals surface area contributed by atoms with Gasteiger partial charge in [0.25, 0.3) is 0 Å². The molecule has 2 atom stereocenters. The van der Waals surface area contributed by atoms with Gasteiger partial charge in [-0.1, -0.05) is 88.8 Å². The Morgan fingerprint density at radius 3 is 2.18 bits per heavy atom. The van der Waals surface area contributed by atoms with E-state index < -0.39 is 0 Å². The summed E-state index contributed by atoms with van der Waals surface area (Å²) in [7, 11) is 0. The molecule has 0 aromatic heterocycles. The molecule has 1 fully saturated rings. The Kier molecular flexibility index (Phi) is 12.1. The molecular weight excluding hydrogens is 268 g/mol. The average Bonchev–Trinajstić information content (AvgIpc) is 3.30. The fourth-order valence-electron chi connectivity index (χ4n) is 2.70. The molecule has 2 unspecified atom stereocenters. The number of rotatable bonds is 14. The lowest BCUT2D eigenvalue weighted by molar-refractivity contribution is 0.367. The van der Waals surface area contributed by atoms with Gasteiger partial charge in [0.05, 0.1) is 12.2 Å². The van der Waals surface area contributed by atoms with E-state index in [2.05, 4.69) is 50.3 Å². The van der Waals surface area contributed by atoms with E-state index in [4.69, 9.17) is 4.74 Å². The van der Waals surface area contributed by atoms with Crippen molar-refractivity contribution in [2.75, 3.05) is 0 Å². The predicted molar refractivity (Wildman–Crippen MR) is 98.2 cm³/mol. The quantitative estimate of drug-likeness (QED) is 0.150. The Hall–Kier alpha value is -0.820. The average molecular weight is 305 g/mol. The summed E-state index contributed by atoms with van der Waals surface area (Å²) in [6.07, 6.45) is 28.7. The first-order valence-corrected chi connectivity index (χ1v) is 9.50. The van der Waals surface area contributed by atoms with Crippen LogP contribution in [0.15, 0.2) is 36.5 Å². The minimum atomic E-state index is 0.507. The number of hydrogen-bond acceptors (Lipinski definition) is 1. The molecule has 126 valence electrons. The standard InChI is InChI=1S/C21H36O/c1-3-5-6-7-8-9-10-11-12-13-14-15-16-17-18-19-21-20(4-2)22-21/h12-15,17-18,20-21H,3-11,16,19H2,1-2H3/b13-12+,15-14-,18-17-. The van der Waals surface area contributed by atoms with E-state index in [0.717, 1.165) is 19.3 Å². The number of ether oxygens (including phenoxy) is 1. The van der Waals surface area contributed by atoms with E-state index >= 15 is 0 Å². The molecule has 0 aliphatic carbocycles. The van der Waals surface area contributed by atoms with E-state index in [1.807, 2.05) is 0 Å². The number of epoxide rings is 1. The smallest absolute Gasteiger partial charge is 0.0876 e. The molecule has 1 rings (SSSR count). The van der Waals surface area contributed by atoms with Crippen molar-refractivity contribution in [3.05, 3.63) is 36.5 Å². The number of hydrogen-bond donors (Lipinski definition) is 0. The van der Waals surface area contributed by atoms with E-state index in [0.29, 0.717) is 12.2 Å². The van der Waals surface area contributed by atoms with Crippen LogP contribution in [-0.2, 0) is 4.74 Å². The van der Waals surface area contributed by atoms with Crippen molar-refractivity contribution >= 4 is 0 Å². The molecule has 22 heavy (non-hydrogen) atoms. The van der Waals surface area contributed by atoms with Crippen molar-refractivity contribution in [2.24, 2.45) is 0 Å². The molecule has 0 aromatic carbocycles. The summed E-state index contributed by atoms with van der Waals surface area (Å²) in [6, 6.07) is 0. The van der Waals surface area contributed by atoms with Crippen LogP contribution in [0.1, 0.15) is 84.5 Å². The third-order valence-electron chi connectivity index (χ3n) is 4.25. The van der Waals surface area contributed by atoms with Crippen LogP contribution in [0.5, 0.6) is 0 Å². The van der Waals surface area contributed by atoms with Gasteiger partial charge in [-0.2, -0.15) is 0 Å². The van der Waals surface area contributed by atoms with Crippen LogP contribution in [0.2, 0.25) is 0 Å². The van der Waals surface area contributed by atoms with Gasteiger partial charge in [-0.25, -0.2) is 0 Å². The normalized spacial score (nSPS) is 21.5. The zero-order chi connectivity index (χ0) is 15.9. The van der Waals surface area contributed by atoms with Crippen LogP contribution < -0.4 is 0 Å². The van der Waals surface area contributed by atoms with Crippen molar-refractivity contribution in [3.8, 4) is 0 Å². The van der Waals surface area contributed by atoms with Gasteiger partial charge in [-0.3, -0.25) is 0 Å². The summed E-state index contributed by atoms with van der Waals surface area (Å²) < 4.78 is 5.50. The fraction of sp³-hybridized carbons (Fsp3) is 0.714. The Morgan fingerprint density at radius 1 is 0.727 bits per heavy atom. The zero-order valence-electron chi connectivity index (χ0n) is 14.8. The van der Waals surface area contributed by atoms with E-state index in [1.54, 1.807) is 0 Å². The van der Waals surface area contributed by atoms with Gasteiger partial charge in [-0.05, 0) is 32.1 Å². The highest BCUT2D eigenvalue weighted by Crippen LogP contribution is 2.28. The van der Waals surface area contributed by atoms with Gasteiger partial charge in [-0.15, -0.1) is 0 Å². The zero-order valence-corrected chi connectivity index (χ0v) is 14.8. The molecule has 0 saturated carbocycles. The molecular formula is C21H36O. The predicted octanol–water partition coefficient (Wildman–Crippen LogP) is 6.75. The van der Waals surface area contributed by atoms with Crippen molar-refractivity contribution in [2.45, 2.75) is 96.7 Å². The molecule has 1 heterocycles. The highest BCUT2D eigenvalue weighted by Gasteiger charge is 2.35. The van der Waals surface area contributed by atoms with Crippen molar-refractivity contribution in [3.63, 3.8) is 0 Å². The van der Waals surface area contributed by atoms with Gasteiger partial charge in [0.1, 0.15) is 0 Å². The van der Waals surface area contributed by atoms with Crippen molar-refractivity contribution < 1.29 is 4.74 Å². The molecule has 0 bridgehead atoms. The second-order valence-electron chi connectivity index (χ2n) is 6.33. The lowest BCUT2D eigenvalue weighted by Gasteiger charge is -1.98. The largest absolute Gasteiger partial charge is 0.369 e. The molecule has 1 aliphatic heterocycles. The molecule has 1 saturated heterocycles. The SMILES string of the molecule is CCCCCCCCC/C=C/C=C\C/C=C\CC1OC1CC. The molecule has 1 aliphatic rings. The van der Waals surface area contributed by atoms with Gasteiger partial charge in [0.15, 0.2) is 0 Å². The maximum atomic E-state index is 5.50. The molecule has 1 nitrogen and oxygen atoms in total. The second kappa shape index (κ2) is 13.8. The Balaban J connectivity index is 1.83. The Morgan fingerprint density at radius 2 is 1.45 bits per heavy atom. The van der Waals surface area contributed by atoms with Crippen molar-refractivity contribution in [1.82, 2.24) is 0 Å². The monoisotopic (exact) mass is 304 g/mol. The number of allylic oxidation sites excluding steroid dienone is 5. The first-order valence-electron chi connectivity index (χ1n) is 9.50. The lowest BCUT2D eigenvalue weighted by atomic mass is 10.1. The van der Waals surface area contributed by atoms with Crippen LogP contribution in [0.3, 0.4) is 0 Å². The van der Waals surface area contributed by atoms with Gasteiger partial charge in [0, 0.05) is 0 Å². The van der Waals surface area contributed by atoms with E-state index in [9.17, 15) is 0 Å². The summed E-state index contributed by atoms with van der Waals surface area (Å²) in [5, 5.41) is 0. The lowest BCUT2D eigenvalue weighted by Crippen LogP contribution is -1.88. The summed E-state index contributed by atoms with van der Waals surface area (Å²) in [6.45, 7) is 4.47. The minimum Gasteiger partial charge on any atom is -0.369 e. The molecule has 0 spiro atoms. The Labute approximate surface area is 138 Å². The topological polar surface area (TPSA) is 12.5 Å². The maximum Gasteiger partial charge on any atom is 0.0876 e. The highest BCUT2D eigenvalue weighted by molar-refractivity contribution is 5.05. The Bertz CT molecular complexity index is 327. The molecule has 0 aromatic rings. The highest BCUT2D eigenvalue weighted by atomic mass is 16.6. The first kappa shape index (κ1) is 19.2. The van der Waals surface area contributed by atoms with E-state index in [1.165, 1.54) is 51.4 Å². The molecule has 1 heteroatoms. The van der Waals surface area contributed by atoms with Crippen LogP contribution in [0.25, 0.3) is 0 Å². The van der Waals surface area contributed by atoms with Crippen LogP contribution in [0.4, 0.5) is 0 Å². The van der Waals surface area contributed by atoms with Crippen LogP contribution in [-0.4, -0.2) is 12.2 Å². The third-order valence-corrected chi connectivity index (χ3v) is 4.25. The fourth-order valence-corrected chi connectivity index (χ4v) is 2.70. The second-order valence-corrected chi connectivity index (χ2v) is 6.33. The molecule has 0 N–H and O–H groups in total. The summed E-state index contributed by atoms with van der Waals surface area (Å²) in [4.78, 5) is 0. The van der Waals surface area contributed by atoms with Crippen LogP contribution in [0, 0.1) is 0 Å². The van der Waals surface area contributed by atoms with Crippen molar-refractivity contribution in [1.29, 1.82) is 0 Å². The number of unbranched alkanes of at least 4 members (excludes halogenated alkanes) is 7. The molecule has 0 radical (unpaired) electrons. The summed E-state index contributed by atoms with van der Waals surface area (Å²) >= 11 is 0. The summed E-state index contributed by atoms with van der Waals surface area (Å²) in [5.41, 5.74) is 0. The van der Waals surface area contributed by atoms with Gasteiger partial charge in [0.2, 0.25) is 0 Å². The van der Waals surface area contributed by atoms with Crippen LogP contribution >= 0.6 is 0 Å². The third kappa shape index (κ3) is 10.8. The van der Waals surface area contributed by atoms with Gasteiger partial charge >= 0.3 is 0 Å². The van der Waals surface area contributed by atoms with Gasteiger partial charge < -0.3 is 4.74 Å². The minimum absolute atomic E-state index is 0.507. The first-order chi connectivity index (χ1) is 10.9. The molecule has 0 amide bonds. The summed E-state index contributed by atoms with van der Waals surface area (Å²) in [5.74, 6) is 0. The van der Waals surface area contributed by atoms with E-state index in [-0.39, 0.29) is 0 Å². The maximum absolute atomic E-state index is 5.50.